The van der Waals surface area contributed by atoms with Crippen molar-refractivity contribution in [2.45, 2.75) is 26.7 Å². The number of fused-ring (bicyclic) bond motifs is 2. The van der Waals surface area contributed by atoms with E-state index in [0.29, 0.717) is 51.8 Å². The Labute approximate surface area is 237 Å². The number of hydrogen-bond acceptors (Lipinski definition) is 6. The number of rotatable bonds is 6. The number of esters is 1. The summed E-state index contributed by atoms with van der Waals surface area (Å²) in [6.45, 7) is 3.48. The van der Waals surface area contributed by atoms with Crippen LogP contribution in [-0.2, 0) is 14.3 Å². The first-order chi connectivity index (χ1) is 19.8. The Morgan fingerprint density at radius 3 is 2.12 bits per heavy atom. The third-order valence-electron chi connectivity index (χ3n) is 7.82. The first kappa shape index (κ1) is 26.3. The molecule has 2 aliphatic rings. The standard InChI is InChI=1S/C34H28N2O5/c1-20-7-10-23(11-8-20)31(37)19-41-34(40)28-18-30(35-29-16-9-21(2)17-27(28)29)22-12-14-24(15-13-22)36-32(38)25-5-3-4-6-26(25)33(36)39/h3-4,7-18,25-26H,5-6,19H2,1-2H3. The normalized spacial score (nSPS) is 18.0. The number of carbonyl (C=O) groups excluding carboxylic acids is 4. The molecule has 1 saturated heterocycles. The third kappa shape index (κ3) is 4.95. The number of carbonyl (C=O) groups is 4. The lowest BCUT2D eigenvalue weighted by atomic mass is 9.85. The van der Waals surface area contributed by atoms with Crippen molar-refractivity contribution in [2.24, 2.45) is 11.8 Å². The Balaban J connectivity index is 1.28. The van der Waals surface area contributed by atoms with E-state index in [1.54, 1.807) is 42.5 Å². The van der Waals surface area contributed by atoms with Crippen LogP contribution in [-0.4, -0.2) is 35.2 Å². The molecule has 7 heteroatoms. The maximum absolute atomic E-state index is 13.3. The first-order valence-electron chi connectivity index (χ1n) is 13.6. The highest BCUT2D eigenvalue weighted by molar-refractivity contribution is 6.22. The molecule has 3 aromatic carbocycles. The van der Waals surface area contributed by atoms with Gasteiger partial charge in [-0.1, -0.05) is 65.7 Å². The van der Waals surface area contributed by atoms with Gasteiger partial charge < -0.3 is 4.74 Å². The molecule has 1 aliphatic heterocycles. The Bertz CT molecular complexity index is 1710. The predicted molar refractivity (Wildman–Crippen MR) is 156 cm³/mol. The number of hydrogen-bond donors (Lipinski definition) is 0. The van der Waals surface area contributed by atoms with Crippen molar-refractivity contribution in [2.75, 3.05) is 11.5 Å². The van der Waals surface area contributed by atoms with Crippen molar-refractivity contribution in [3.05, 3.63) is 107 Å². The van der Waals surface area contributed by atoms with Crippen molar-refractivity contribution in [3.63, 3.8) is 0 Å². The molecule has 2 heterocycles. The zero-order valence-corrected chi connectivity index (χ0v) is 22.8. The SMILES string of the molecule is Cc1ccc(C(=O)COC(=O)c2cc(-c3ccc(N4C(=O)C5CC=CCC5C4=O)cc3)nc3ccc(C)cc23)cc1. The van der Waals surface area contributed by atoms with Crippen molar-refractivity contribution in [1.82, 2.24) is 4.98 Å². The molecule has 0 radical (unpaired) electrons. The van der Waals surface area contributed by atoms with E-state index in [1.165, 1.54) is 4.90 Å². The van der Waals surface area contributed by atoms with Gasteiger partial charge in [-0.25, -0.2) is 9.78 Å². The molecular weight excluding hydrogens is 516 g/mol. The van der Waals surface area contributed by atoms with Gasteiger partial charge in [0.25, 0.3) is 0 Å². The van der Waals surface area contributed by atoms with Gasteiger partial charge >= 0.3 is 5.97 Å². The second-order valence-corrected chi connectivity index (χ2v) is 10.7. The maximum atomic E-state index is 13.3. The van der Waals surface area contributed by atoms with Crippen LogP contribution in [0.4, 0.5) is 5.69 Å². The van der Waals surface area contributed by atoms with Crippen LogP contribution in [0.3, 0.4) is 0 Å². The average Bonchev–Trinajstić information content (AvgIpc) is 3.25. The molecule has 1 aliphatic carbocycles. The van der Waals surface area contributed by atoms with Crippen LogP contribution < -0.4 is 4.90 Å². The molecular formula is C34H28N2O5. The van der Waals surface area contributed by atoms with Crippen molar-refractivity contribution >= 4 is 40.2 Å². The minimum absolute atomic E-state index is 0.165. The zero-order valence-electron chi connectivity index (χ0n) is 22.8. The summed E-state index contributed by atoms with van der Waals surface area (Å²) >= 11 is 0. The molecule has 6 rings (SSSR count). The minimum atomic E-state index is -0.620. The lowest BCUT2D eigenvalue weighted by molar-refractivity contribution is -0.122. The fourth-order valence-corrected chi connectivity index (χ4v) is 5.52. The topological polar surface area (TPSA) is 93.6 Å². The molecule has 41 heavy (non-hydrogen) atoms. The van der Waals surface area contributed by atoms with E-state index in [1.807, 2.05) is 56.3 Å². The molecule has 204 valence electrons. The average molecular weight is 545 g/mol. The van der Waals surface area contributed by atoms with E-state index in [4.69, 9.17) is 9.72 Å². The van der Waals surface area contributed by atoms with Gasteiger partial charge in [0.2, 0.25) is 11.8 Å². The molecule has 0 N–H and O–H groups in total. The third-order valence-corrected chi connectivity index (χ3v) is 7.82. The van der Waals surface area contributed by atoms with Crippen molar-refractivity contribution in [3.8, 4) is 11.3 Å². The molecule has 1 aromatic heterocycles. The highest BCUT2D eigenvalue weighted by atomic mass is 16.5. The van der Waals surface area contributed by atoms with Crippen LogP contribution in [0.25, 0.3) is 22.2 Å². The van der Waals surface area contributed by atoms with Gasteiger partial charge in [-0.2, -0.15) is 0 Å². The number of ether oxygens (including phenoxy) is 1. The number of aromatic nitrogens is 1. The summed E-state index contributed by atoms with van der Waals surface area (Å²) in [6, 6.07) is 21.4. The molecule has 0 spiro atoms. The van der Waals surface area contributed by atoms with Crippen LogP contribution in [0, 0.1) is 25.7 Å². The molecule has 0 bridgehead atoms. The van der Waals surface area contributed by atoms with E-state index < -0.39 is 5.97 Å². The molecule has 4 aromatic rings. The van der Waals surface area contributed by atoms with Crippen LogP contribution in [0.2, 0.25) is 0 Å². The summed E-state index contributed by atoms with van der Waals surface area (Å²) in [6.07, 6.45) is 5.10. The summed E-state index contributed by atoms with van der Waals surface area (Å²) < 4.78 is 5.47. The van der Waals surface area contributed by atoms with E-state index in [-0.39, 0.29) is 36.0 Å². The smallest absolute Gasteiger partial charge is 0.339 e. The molecule has 0 saturated carbocycles. The predicted octanol–water partition coefficient (Wildman–Crippen LogP) is 6.01. The quantitative estimate of drug-likeness (QED) is 0.128. The number of Topliss-reactive ketones (excluding diaryl/α,β-unsaturated/α-hetero) is 1. The second-order valence-electron chi connectivity index (χ2n) is 10.7. The minimum Gasteiger partial charge on any atom is -0.454 e. The number of imide groups is 1. The zero-order chi connectivity index (χ0) is 28.7. The van der Waals surface area contributed by atoms with Crippen LogP contribution in [0.15, 0.2) is 84.9 Å². The largest absolute Gasteiger partial charge is 0.454 e. The first-order valence-corrected chi connectivity index (χ1v) is 13.6. The van der Waals surface area contributed by atoms with E-state index in [0.717, 1.165) is 11.1 Å². The molecule has 2 unspecified atom stereocenters. The number of benzene rings is 3. The number of nitrogens with zero attached hydrogens (tertiary/aromatic N) is 2. The number of ketones is 1. The number of pyridine rings is 1. The maximum Gasteiger partial charge on any atom is 0.339 e. The Morgan fingerprint density at radius 1 is 0.829 bits per heavy atom. The summed E-state index contributed by atoms with van der Waals surface area (Å²) in [5, 5.41) is 0.627. The molecule has 2 amide bonds. The van der Waals surface area contributed by atoms with Gasteiger partial charge in [0, 0.05) is 16.5 Å². The number of aryl methyl sites for hydroxylation is 2. The Hall–Kier alpha value is -4.91. The second kappa shape index (κ2) is 10.6. The summed E-state index contributed by atoms with van der Waals surface area (Å²) in [7, 11) is 0. The number of amides is 2. The fourth-order valence-electron chi connectivity index (χ4n) is 5.52. The van der Waals surface area contributed by atoms with Gasteiger partial charge in [-0.15, -0.1) is 0 Å². The van der Waals surface area contributed by atoms with Gasteiger partial charge in [-0.05, 0) is 57.0 Å². The van der Waals surface area contributed by atoms with Crippen molar-refractivity contribution in [1.29, 1.82) is 0 Å². The molecule has 7 nitrogen and oxygen atoms in total. The van der Waals surface area contributed by atoms with E-state index in [9.17, 15) is 19.2 Å². The van der Waals surface area contributed by atoms with Gasteiger partial charge in [0.15, 0.2) is 12.4 Å². The van der Waals surface area contributed by atoms with E-state index >= 15 is 0 Å². The van der Waals surface area contributed by atoms with Crippen molar-refractivity contribution < 1.29 is 23.9 Å². The highest BCUT2D eigenvalue weighted by Gasteiger charge is 2.47. The highest BCUT2D eigenvalue weighted by Crippen LogP contribution is 2.38. The fraction of sp³-hybridized carbons (Fsp3) is 0.206. The summed E-state index contributed by atoms with van der Waals surface area (Å²) in [5.74, 6) is -1.84. The van der Waals surface area contributed by atoms with Gasteiger partial charge in [-0.3, -0.25) is 19.3 Å². The lowest BCUT2D eigenvalue weighted by Gasteiger charge is -2.15. The van der Waals surface area contributed by atoms with Crippen LogP contribution in [0.1, 0.15) is 44.7 Å². The summed E-state index contributed by atoms with van der Waals surface area (Å²) in [4.78, 5) is 58.0. The summed E-state index contributed by atoms with van der Waals surface area (Å²) in [5.41, 5.74) is 5.13. The van der Waals surface area contributed by atoms with E-state index in [2.05, 4.69) is 0 Å². The lowest BCUT2D eigenvalue weighted by Crippen LogP contribution is -2.30. The molecule has 1 fully saturated rings. The number of anilines is 1. The van der Waals surface area contributed by atoms with Crippen LogP contribution in [0.5, 0.6) is 0 Å². The monoisotopic (exact) mass is 544 g/mol. The number of allylic oxidation sites excluding steroid dienone is 2. The molecule has 2 atom stereocenters. The van der Waals surface area contributed by atoms with Gasteiger partial charge in [0.1, 0.15) is 0 Å². The van der Waals surface area contributed by atoms with Gasteiger partial charge in [0.05, 0.1) is 34.3 Å². The Morgan fingerprint density at radius 2 is 1.46 bits per heavy atom. The Kier molecular flexibility index (Phi) is 6.79. The van der Waals surface area contributed by atoms with Crippen LogP contribution >= 0.6 is 0 Å².